The van der Waals surface area contributed by atoms with Crippen LogP contribution in [0, 0.1) is 11.8 Å². The molecule has 0 spiro atoms. The highest BCUT2D eigenvalue weighted by Gasteiger charge is 2.38. The molecule has 1 aliphatic heterocycles. The Kier molecular flexibility index (Phi) is 6.06. The van der Waals surface area contributed by atoms with Gasteiger partial charge in [-0.2, -0.15) is 0 Å². The summed E-state index contributed by atoms with van der Waals surface area (Å²) in [5.74, 6) is 1.44. The Morgan fingerprint density at radius 1 is 1.24 bits per heavy atom. The molecule has 0 aromatic heterocycles. The van der Waals surface area contributed by atoms with E-state index in [4.69, 9.17) is 0 Å². The molecule has 1 saturated carbocycles. The van der Waals surface area contributed by atoms with E-state index in [9.17, 15) is 10.2 Å². The zero-order chi connectivity index (χ0) is 17.9. The van der Waals surface area contributed by atoms with Crippen LogP contribution in [0.1, 0.15) is 64.4 Å². The molecule has 3 atom stereocenters. The summed E-state index contributed by atoms with van der Waals surface area (Å²) in [6.07, 6.45) is 8.28. The SMILES string of the molecule is CC1CN(CC[C@@H](O)C2CCCCC2)CCC1(C)c1cccc(O)c1. The first-order valence-corrected chi connectivity index (χ1v) is 10.2. The van der Waals surface area contributed by atoms with E-state index in [0.29, 0.717) is 17.6 Å². The predicted octanol–water partition coefficient (Wildman–Crippen LogP) is 4.32. The van der Waals surface area contributed by atoms with Gasteiger partial charge in [0.15, 0.2) is 0 Å². The third kappa shape index (κ3) is 4.38. The zero-order valence-electron chi connectivity index (χ0n) is 16.0. The van der Waals surface area contributed by atoms with Gasteiger partial charge in [-0.1, -0.05) is 45.2 Å². The second kappa shape index (κ2) is 8.09. The smallest absolute Gasteiger partial charge is 0.115 e. The van der Waals surface area contributed by atoms with Crippen molar-refractivity contribution in [3.8, 4) is 5.75 Å². The molecule has 1 aliphatic carbocycles. The highest BCUT2D eigenvalue weighted by molar-refractivity contribution is 5.33. The van der Waals surface area contributed by atoms with Crippen LogP contribution in [0.3, 0.4) is 0 Å². The van der Waals surface area contributed by atoms with E-state index in [1.807, 2.05) is 12.1 Å². The average Bonchev–Trinajstić information content (AvgIpc) is 2.63. The van der Waals surface area contributed by atoms with Gasteiger partial charge in [-0.25, -0.2) is 0 Å². The fraction of sp³-hybridized carbons (Fsp3) is 0.727. The summed E-state index contributed by atoms with van der Waals surface area (Å²) >= 11 is 0. The molecule has 1 heterocycles. The van der Waals surface area contributed by atoms with Crippen LogP contribution in [0.4, 0.5) is 0 Å². The predicted molar refractivity (Wildman–Crippen MR) is 103 cm³/mol. The maximum absolute atomic E-state index is 10.5. The van der Waals surface area contributed by atoms with E-state index in [1.54, 1.807) is 6.07 Å². The van der Waals surface area contributed by atoms with Crippen LogP contribution in [-0.4, -0.2) is 40.9 Å². The van der Waals surface area contributed by atoms with Gasteiger partial charge in [0.1, 0.15) is 5.75 Å². The number of piperidine rings is 1. The summed E-state index contributed by atoms with van der Waals surface area (Å²) < 4.78 is 0. The summed E-state index contributed by atoms with van der Waals surface area (Å²) in [4.78, 5) is 2.53. The third-order valence-electron chi connectivity index (χ3n) is 7.01. The molecule has 3 heteroatoms. The highest BCUT2D eigenvalue weighted by Crippen LogP contribution is 2.40. The molecule has 0 bridgehead atoms. The van der Waals surface area contributed by atoms with Crippen LogP contribution in [0.5, 0.6) is 5.75 Å². The van der Waals surface area contributed by atoms with Crippen molar-refractivity contribution in [2.24, 2.45) is 11.8 Å². The van der Waals surface area contributed by atoms with Crippen LogP contribution in [0.15, 0.2) is 24.3 Å². The molecule has 1 aromatic carbocycles. The number of hydrogen-bond acceptors (Lipinski definition) is 3. The van der Waals surface area contributed by atoms with E-state index in [0.717, 1.165) is 32.5 Å². The normalized spacial score (nSPS) is 30.3. The largest absolute Gasteiger partial charge is 0.508 e. The molecular weight excluding hydrogens is 310 g/mol. The van der Waals surface area contributed by atoms with Gasteiger partial charge >= 0.3 is 0 Å². The van der Waals surface area contributed by atoms with E-state index in [1.165, 1.54) is 37.7 Å². The number of benzene rings is 1. The lowest BCUT2D eigenvalue weighted by molar-refractivity contribution is 0.0502. The molecule has 140 valence electrons. The fourth-order valence-corrected chi connectivity index (χ4v) is 4.88. The summed E-state index contributed by atoms with van der Waals surface area (Å²) in [6, 6.07) is 7.78. The van der Waals surface area contributed by atoms with Crippen molar-refractivity contribution >= 4 is 0 Å². The number of phenols is 1. The van der Waals surface area contributed by atoms with Crippen LogP contribution >= 0.6 is 0 Å². The molecule has 3 nitrogen and oxygen atoms in total. The van der Waals surface area contributed by atoms with Gasteiger partial charge in [-0.3, -0.25) is 0 Å². The van der Waals surface area contributed by atoms with Crippen molar-refractivity contribution in [2.75, 3.05) is 19.6 Å². The Morgan fingerprint density at radius 2 is 2.00 bits per heavy atom. The first-order chi connectivity index (χ1) is 12.0. The van der Waals surface area contributed by atoms with E-state index in [2.05, 4.69) is 24.8 Å². The molecule has 0 amide bonds. The first kappa shape index (κ1) is 18.7. The first-order valence-electron chi connectivity index (χ1n) is 10.2. The van der Waals surface area contributed by atoms with Crippen molar-refractivity contribution in [3.05, 3.63) is 29.8 Å². The molecule has 2 aliphatic rings. The number of aliphatic hydroxyl groups excluding tert-OH is 1. The van der Waals surface area contributed by atoms with Crippen molar-refractivity contribution in [1.82, 2.24) is 4.90 Å². The Balaban J connectivity index is 1.53. The van der Waals surface area contributed by atoms with Crippen molar-refractivity contribution in [2.45, 2.75) is 70.3 Å². The van der Waals surface area contributed by atoms with Gasteiger partial charge in [0.25, 0.3) is 0 Å². The quantitative estimate of drug-likeness (QED) is 0.835. The summed E-state index contributed by atoms with van der Waals surface area (Å²) in [7, 11) is 0. The minimum atomic E-state index is -0.116. The standard InChI is InChI=1S/C22H35NO2/c1-17-16-23(13-11-21(25)18-7-4-3-5-8-18)14-12-22(17,2)19-9-6-10-20(24)15-19/h6,9-10,15,17-18,21,24-25H,3-5,7-8,11-14,16H2,1-2H3/t17?,21-,22?/m1/s1. The van der Waals surface area contributed by atoms with Crippen molar-refractivity contribution in [3.63, 3.8) is 0 Å². The Bertz CT molecular complexity index is 555. The van der Waals surface area contributed by atoms with Gasteiger partial charge in [-0.05, 0) is 67.2 Å². The highest BCUT2D eigenvalue weighted by atomic mass is 16.3. The van der Waals surface area contributed by atoms with Crippen molar-refractivity contribution < 1.29 is 10.2 Å². The van der Waals surface area contributed by atoms with E-state index >= 15 is 0 Å². The van der Waals surface area contributed by atoms with Gasteiger partial charge in [0.2, 0.25) is 0 Å². The maximum Gasteiger partial charge on any atom is 0.115 e. The van der Waals surface area contributed by atoms with Crippen LogP contribution in [-0.2, 0) is 5.41 Å². The Labute approximate surface area is 153 Å². The van der Waals surface area contributed by atoms with Crippen LogP contribution in [0.2, 0.25) is 0 Å². The summed E-state index contributed by atoms with van der Waals surface area (Å²) in [5.41, 5.74) is 1.37. The van der Waals surface area contributed by atoms with Crippen LogP contribution in [0.25, 0.3) is 0 Å². The van der Waals surface area contributed by atoms with Gasteiger partial charge in [0.05, 0.1) is 6.10 Å². The van der Waals surface area contributed by atoms with E-state index < -0.39 is 0 Å². The van der Waals surface area contributed by atoms with Gasteiger partial charge < -0.3 is 15.1 Å². The lowest BCUT2D eigenvalue weighted by atomic mass is 9.68. The molecule has 1 aromatic rings. The minimum Gasteiger partial charge on any atom is -0.508 e. The molecule has 2 unspecified atom stereocenters. The summed E-state index contributed by atoms with van der Waals surface area (Å²) in [6.45, 7) is 7.82. The molecule has 1 saturated heterocycles. The lowest BCUT2D eigenvalue weighted by Gasteiger charge is -2.45. The monoisotopic (exact) mass is 345 g/mol. The molecular formula is C22H35NO2. The average molecular weight is 346 g/mol. The molecule has 2 N–H and O–H groups in total. The zero-order valence-corrected chi connectivity index (χ0v) is 16.0. The Hall–Kier alpha value is -1.06. The molecule has 0 radical (unpaired) electrons. The Morgan fingerprint density at radius 3 is 2.68 bits per heavy atom. The molecule has 3 rings (SSSR count). The van der Waals surface area contributed by atoms with Crippen LogP contribution < -0.4 is 0 Å². The van der Waals surface area contributed by atoms with Gasteiger partial charge in [0, 0.05) is 13.1 Å². The van der Waals surface area contributed by atoms with E-state index in [-0.39, 0.29) is 11.5 Å². The second-order valence-electron chi connectivity index (χ2n) is 8.67. The summed E-state index contributed by atoms with van der Waals surface area (Å²) in [5, 5.41) is 20.4. The number of aliphatic hydroxyl groups is 1. The molecule has 2 fully saturated rings. The number of likely N-dealkylation sites (tertiary alicyclic amines) is 1. The lowest BCUT2D eigenvalue weighted by Crippen LogP contribution is -2.48. The van der Waals surface area contributed by atoms with Gasteiger partial charge in [-0.15, -0.1) is 0 Å². The number of hydrogen-bond donors (Lipinski definition) is 2. The number of aromatic hydroxyl groups is 1. The number of nitrogens with zero attached hydrogens (tertiary/aromatic N) is 1. The topological polar surface area (TPSA) is 43.7 Å². The minimum absolute atomic E-state index is 0.116. The third-order valence-corrected chi connectivity index (χ3v) is 7.01. The number of phenolic OH excluding ortho intramolecular Hbond substituents is 1. The second-order valence-corrected chi connectivity index (χ2v) is 8.67. The fourth-order valence-electron chi connectivity index (χ4n) is 4.88. The number of rotatable bonds is 5. The molecule has 25 heavy (non-hydrogen) atoms. The maximum atomic E-state index is 10.5. The van der Waals surface area contributed by atoms with Crippen molar-refractivity contribution in [1.29, 1.82) is 0 Å².